The molecule has 42 heavy (non-hydrogen) atoms. The summed E-state index contributed by atoms with van der Waals surface area (Å²) in [4.78, 5) is 55.0. The Morgan fingerprint density at radius 2 is 1.79 bits per heavy atom. The number of anilines is 1. The second-order valence-electron chi connectivity index (χ2n) is 11.1. The molecular formula is C27H33Cl2FN4O8. The maximum atomic E-state index is 15.4. The third-order valence-electron chi connectivity index (χ3n) is 8.51. The summed E-state index contributed by atoms with van der Waals surface area (Å²) < 4.78 is 15.4. The van der Waals surface area contributed by atoms with Gasteiger partial charge in [0.25, 0.3) is 5.91 Å². The van der Waals surface area contributed by atoms with E-state index < -0.39 is 86.7 Å². The fourth-order valence-electron chi connectivity index (χ4n) is 6.70. The number of benzene rings is 1. The van der Waals surface area contributed by atoms with Crippen LogP contribution in [0.2, 0.25) is 0 Å². The number of fused-ring (bicyclic) bond motifs is 3. The van der Waals surface area contributed by atoms with Crippen LogP contribution >= 0.6 is 24.8 Å². The van der Waals surface area contributed by atoms with Crippen LogP contribution < -0.4 is 11.1 Å². The molecule has 230 valence electrons. The first-order valence-electron chi connectivity index (χ1n) is 13.0. The van der Waals surface area contributed by atoms with Crippen LogP contribution in [0.1, 0.15) is 35.2 Å². The predicted octanol–water partition coefficient (Wildman–Crippen LogP) is 1.14. The summed E-state index contributed by atoms with van der Waals surface area (Å²) in [6, 6.07) is -0.214. The van der Waals surface area contributed by atoms with E-state index in [0.717, 1.165) is 32.0 Å². The molecule has 0 unspecified atom stereocenters. The lowest BCUT2D eigenvalue weighted by Gasteiger charge is -2.50. The van der Waals surface area contributed by atoms with Gasteiger partial charge >= 0.3 is 0 Å². The molecule has 1 aromatic carbocycles. The van der Waals surface area contributed by atoms with Crippen LogP contribution in [0.3, 0.4) is 0 Å². The molecule has 7 N–H and O–H groups in total. The number of aliphatic hydroxyl groups is 3. The van der Waals surface area contributed by atoms with Crippen LogP contribution in [0.15, 0.2) is 28.7 Å². The van der Waals surface area contributed by atoms with Gasteiger partial charge in [-0.1, -0.05) is 0 Å². The molecule has 12 nitrogen and oxygen atoms in total. The SMILES string of the molecule is CN(C)[C@@H]1C(O)=C(C(N)=O)C(=O)[C@@]2(O)C(O)=C3C(=O)c4c(O)c(NC(=O)CN5CCCC5)cc(F)c4C[C@H]3C[C@@H]12.Cl.Cl. The molecule has 0 aromatic heterocycles. The van der Waals surface area contributed by atoms with Gasteiger partial charge in [0.2, 0.25) is 11.7 Å². The first-order valence-corrected chi connectivity index (χ1v) is 13.0. The van der Waals surface area contributed by atoms with Crippen LogP contribution in [0.4, 0.5) is 10.1 Å². The van der Waals surface area contributed by atoms with Crippen LogP contribution in [0.5, 0.6) is 5.75 Å². The quantitative estimate of drug-likeness (QED) is 0.203. The first-order chi connectivity index (χ1) is 18.8. The average molecular weight is 631 g/mol. The molecule has 4 aliphatic rings. The van der Waals surface area contributed by atoms with E-state index in [1.807, 2.05) is 4.90 Å². The van der Waals surface area contributed by atoms with Crippen molar-refractivity contribution in [1.29, 1.82) is 0 Å². The smallest absolute Gasteiger partial charge is 0.255 e. The van der Waals surface area contributed by atoms with Gasteiger partial charge in [-0.15, -0.1) is 24.8 Å². The van der Waals surface area contributed by atoms with Gasteiger partial charge in [-0.05, 0) is 58.8 Å². The number of carbonyl (C=O) groups excluding carboxylic acids is 4. The molecule has 0 saturated carbocycles. The molecule has 4 atom stereocenters. The van der Waals surface area contributed by atoms with Gasteiger partial charge < -0.3 is 31.5 Å². The van der Waals surface area contributed by atoms with Gasteiger partial charge in [0.1, 0.15) is 22.9 Å². The summed E-state index contributed by atoms with van der Waals surface area (Å²) in [5.41, 5.74) is 0.233. The predicted molar refractivity (Wildman–Crippen MR) is 152 cm³/mol. The third kappa shape index (κ3) is 4.92. The van der Waals surface area contributed by atoms with E-state index in [1.54, 1.807) is 0 Å². The minimum Gasteiger partial charge on any atom is -0.510 e. The van der Waals surface area contributed by atoms with Crippen LogP contribution in [-0.4, -0.2) is 99.0 Å². The van der Waals surface area contributed by atoms with Crippen molar-refractivity contribution in [3.63, 3.8) is 0 Å². The average Bonchev–Trinajstić information content (AvgIpc) is 3.37. The Hall–Kier alpha value is -3.23. The van der Waals surface area contributed by atoms with Gasteiger partial charge in [-0.3, -0.25) is 29.0 Å². The van der Waals surface area contributed by atoms with Gasteiger partial charge in [-0.25, -0.2) is 4.39 Å². The number of nitrogens with one attached hydrogen (secondary N) is 1. The number of nitrogens with zero attached hydrogens (tertiary/aromatic N) is 2. The largest absolute Gasteiger partial charge is 0.510 e. The number of primary amides is 1. The summed E-state index contributed by atoms with van der Waals surface area (Å²) in [5.74, 6) is -9.63. The zero-order chi connectivity index (χ0) is 29.3. The van der Waals surface area contributed by atoms with E-state index in [4.69, 9.17) is 5.73 Å². The number of Topliss-reactive ketones (excluding diaryl/α,β-unsaturated/α-hetero) is 2. The first kappa shape index (κ1) is 33.3. The Labute approximate surface area is 252 Å². The van der Waals surface area contributed by atoms with Gasteiger partial charge in [0.15, 0.2) is 17.1 Å². The number of phenols is 1. The number of nitrogens with two attached hydrogens (primary N) is 1. The second-order valence-corrected chi connectivity index (χ2v) is 11.1. The number of hydrogen-bond acceptors (Lipinski definition) is 10. The summed E-state index contributed by atoms with van der Waals surface area (Å²) in [5, 5.41) is 47.1. The number of aromatic hydroxyl groups is 1. The molecule has 15 heteroatoms. The number of ketones is 2. The molecule has 1 aromatic rings. The minimum atomic E-state index is -2.79. The van der Waals surface area contributed by atoms with E-state index in [-0.39, 0.29) is 55.5 Å². The fraction of sp³-hybridized carbons (Fsp3) is 0.481. The molecule has 1 aliphatic heterocycles. The number of likely N-dealkylation sites (tertiary alicyclic amines) is 1. The summed E-state index contributed by atoms with van der Waals surface area (Å²) in [6.45, 7) is 1.48. The Morgan fingerprint density at radius 3 is 2.36 bits per heavy atom. The van der Waals surface area contributed by atoms with Crippen molar-refractivity contribution >= 4 is 53.9 Å². The summed E-state index contributed by atoms with van der Waals surface area (Å²) in [6.07, 6.45) is 1.56. The Balaban J connectivity index is 0.00000242. The lowest BCUT2D eigenvalue weighted by Crippen LogP contribution is -2.63. The van der Waals surface area contributed by atoms with Crippen molar-refractivity contribution in [2.45, 2.75) is 37.3 Å². The minimum absolute atomic E-state index is 0. The van der Waals surface area contributed by atoms with Crippen molar-refractivity contribution in [3.8, 4) is 5.75 Å². The Kier molecular flexibility index (Phi) is 9.35. The normalized spacial score (nSPS) is 27.1. The molecular weight excluding hydrogens is 598 g/mol. The second kappa shape index (κ2) is 11.8. The molecule has 1 heterocycles. The highest BCUT2D eigenvalue weighted by atomic mass is 35.5. The zero-order valence-electron chi connectivity index (χ0n) is 22.8. The van der Waals surface area contributed by atoms with E-state index >= 15 is 4.39 Å². The monoisotopic (exact) mass is 630 g/mol. The van der Waals surface area contributed by atoms with Gasteiger partial charge in [0.05, 0.1) is 23.8 Å². The number of rotatable bonds is 5. The van der Waals surface area contributed by atoms with Crippen molar-refractivity contribution in [2.75, 3.05) is 39.0 Å². The third-order valence-corrected chi connectivity index (χ3v) is 8.51. The highest BCUT2D eigenvalue weighted by Gasteiger charge is 2.63. The highest BCUT2D eigenvalue weighted by molar-refractivity contribution is 6.25. The number of amides is 2. The summed E-state index contributed by atoms with van der Waals surface area (Å²) in [7, 11) is 3.04. The molecule has 1 fully saturated rings. The van der Waals surface area contributed by atoms with E-state index in [2.05, 4.69) is 5.32 Å². The highest BCUT2D eigenvalue weighted by Crippen LogP contribution is 2.53. The molecule has 0 spiro atoms. The maximum absolute atomic E-state index is 15.4. The Morgan fingerprint density at radius 1 is 1.17 bits per heavy atom. The molecule has 1 saturated heterocycles. The number of halogens is 3. The number of phenolic OH excluding ortho intramolecular Hbond substituents is 1. The summed E-state index contributed by atoms with van der Waals surface area (Å²) >= 11 is 0. The zero-order valence-corrected chi connectivity index (χ0v) is 24.5. The lowest BCUT2D eigenvalue weighted by molar-refractivity contribution is -0.148. The van der Waals surface area contributed by atoms with E-state index in [9.17, 15) is 39.6 Å². The number of carbonyl (C=O) groups is 4. The van der Waals surface area contributed by atoms with Crippen molar-refractivity contribution in [2.24, 2.45) is 17.6 Å². The van der Waals surface area contributed by atoms with Crippen molar-refractivity contribution in [3.05, 3.63) is 45.7 Å². The van der Waals surface area contributed by atoms with Crippen LogP contribution in [0.25, 0.3) is 0 Å². The number of aliphatic hydroxyl groups excluding tert-OH is 2. The van der Waals surface area contributed by atoms with E-state index in [1.165, 1.54) is 19.0 Å². The molecule has 0 radical (unpaired) electrons. The van der Waals surface area contributed by atoms with Crippen LogP contribution in [-0.2, 0) is 20.8 Å². The van der Waals surface area contributed by atoms with E-state index in [0.29, 0.717) is 0 Å². The van der Waals surface area contributed by atoms with Gasteiger partial charge in [-0.2, -0.15) is 0 Å². The molecule has 0 bridgehead atoms. The molecule has 2 amide bonds. The fourth-order valence-corrected chi connectivity index (χ4v) is 6.70. The van der Waals surface area contributed by atoms with Gasteiger partial charge in [0, 0.05) is 23.1 Å². The van der Waals surface area contributed by atoms with Crippen molar-refractivity contribution < 1.29 is 44.0 Å². The topological polar surface area (TPSA) is 194 Å². The Bertz CT molecular complexity index is 1420. The number of hydrogen-bond donors (Lipinski definition) is 6. The molecule has 3 aliphatic carbocycles. The van der Waals surface area contributed by atoms with Crippen LogP contribution in [0, 0.1) is 17.7 Å². The molecule has 5 rings (SSSR count). The number of likely N-dealkylation sites (N-methyl/N-ethyl adjacent to an activating group) is 1. The number of allylic oxidation sites excluding steroid dienone is 1. The lowest BCUT2D eigenvalue weighted by atomic mass is 9.58. The van der Waals surface area contributed by atoms with Crippen molar-refractivity contribution in [1.82, 2.24) is 9.80 Å². The maximum Gasteiger partial charge on any atom is 0.255 e. The standard InChI is InChI=1S/C27H31FN4O8.2ClH/c1-31(2)20-13-8-11-7-12-14(28)9-15(30-16(33)10-32-5-3-4-6-32)21(34)18(12)22(35)17(11)24(37)27(13,40)25(38)19(23(20)36)26(29)39;;/h9,11,13,20,34,36-37,40H,3-8,10H2,1-2H3,(H2,29,39)(H,30,33);2*1H/t11-,13-,20-,27-;;/m0../s1.